The van der Waals surface area contributed by atoms with Crippen LogP contribution in [0.1, 0.15) is 27.7 Å². The molecule has 5 rings (SSSR count). The summed E-state index contributed by atoms with van der Waals surface area (Å²) >= 11 is 0. The highest BCUT2D eigenvalue weighted by atomic mass is 16.7. The van der Waals surface area contributed by atoms with Crippen LogP contribution in [0.4, 0.5) is 0 Å². The third-order valence-corrected chi connectivity index (χ3v) is 6.51. The third-order valence-electron chi connectivity index (χ3n) is 6.51. The molecule has 0 bridgehead atoms. The normalized spacial score (nSPS) is 17.9. The number of benzene rings is 4. The molecule has 0 saturated carbocycles. The zero-order chi connectivity index (χ0) is 20.2. The molecule has 1 heterocycles. The van der Waals surface area contributed by atoms with Gasteiger partial charge in [0.05, 0.1) is 11.2 Å². The number of hydrogen-bond acceptors (Lipinski definition) is 2. The number of rotatable bonds is 2. The summed E-state index contributed by atoms with van der Waals surface area (Å²) in [6.07, 6.45) is 0. The number of fused-ring (bicyclic) bond motifs is 3. The monoisotopic (exact) mass is 380 g/mol. The van der Waals surface area contributed by atoms with Gasteiger partial charge in [-0.05, 0) is 65.8 Å². The van der Waals surface area contributed by atoms with Gasteiger partial charge in [-0.15, -0.1) is 0 Å². The van der Waals surface area contributed by atoms with Crippen molar-refractivity contribution in [3.63, 3.8) is 0 Å². The zero-order valence-electron chi connectivity index (χ0n) is 17.4. The lowest BCUT2D eigenvalue weighted by Gasteiger charge is -2.32. The summed E-state index contributed by atoms with van der Waals surface area (Å²) in [6, 6.07) is 28.1. The predicted octanol–water partition coefficient (Wildman–Crippen LogP) is 5.96. The number of hydrogen-bond donors (Lipinski definition) is 0. The van der Waals surface area contributed by atoms with Crippen molar-refractivity contribution in [3.8, 4) is 11.1 Å². The van der Waals surface area contributed by atoms with E-state index in [2.05, 4.69) is 107 Å². The van der Waals surface area contributed by atoms with E-state index in [-0.39, 0.29) is 18.3 Å². The van der Waals surface area contributed by atoms with Crippen molar-refractivity contribution in [2.75, 3.05) is 0 Å². The molecule has 2 nitrogen and oxygen atoms in total. The van der Waals surface area contributed by atoms with Gasteiger partial charge in [0.25, 0.3) is 0 Å². The largest absolute Gasteiger partial charge is 0.494 e. The summed E-state index contributed by atoms with van der Waals surface area (Å²) in [7, 11) is -0.351. The van der Waals surface area contributed by atoms with Crippen LogP contribution in [-0.4, -0.2) is 18.3 Å². The molecular formula is C26H25BO2. The SMILES string of the molecule is CC1(C)OB(c2cccc(-c3cccc4c3ccc3ccccc34)c2)OC1(C)C. The Kier molecular flexibility index (Phi) is 4.09. The molecular weight excluding hydrogens is 355 g/mol. The Morgan fingerprint density at radius 2 is 1.31 bits per heavy atom. The molecule has 0 aromatic heterocycles. The van der Waals surface area contributed by atoms with Gasteiger partial charge in [-0.2, -0.15) is 0 Å². The molecule has 1 aliphatic rings. The van der Waals surface area contributed by atoms with Gasteiger partial charge in [-0.3, -0.25) is 0 Å². The van der Waals surface area contributed by atoms with E-state index < -0.39 is 0 Å². The quantitative estimate of drug-likeness (QED) is 0.316. The first-order chi connectivity index (χ1) is 13.9. The molecule has 1 fully saturated rings. The molecule has 0 atom stereocenters. The molecule has 1 aliphatic heterocycles. The van der Waals surface area contributed by atoms with E-state index in [1.54, 1.807) is 0 Å². The third kappa shape index (κ3) is 2.97. The average molecular weight is 380 g/mol. The van der Waals surface area contributed by atoms with Crippen LogP contribution in [0, 0.1) is 0 Å². The minimum Gasteiger partial charge on any atom is -0.399 e. The van der Waals surface area contributed by atoms with Crippen molar-refractivity contribution in [3.05, 3.63) is 78.9 Å². The van der Waals surface area contributed by atoms with Gasteiger partial charge in [0.1, 0.15) is 0 Å². The molecule has 0 radical (unpaired) electrons. The highest BCUT2D eigenvalue weighted by Gasteiger charge is 2.51. The van der Waals surface area contributed by atoms with Crippen LogP contribution in [0.15, 0.2) is 78.9 Å². The summed E-state index contributed by atoms with van der Waals surface area (Å²) in [4.78, 5) is 0. The molecule has 4 aromatic rings. The van der Waals surface area contributed by atoms with E-state index >= 15 is 0 Å². The van der Waals surface area contributed by atoms with Gasteiger partial charge in [0.2, 0.25) is 0 Å². The fourth-order valence-electron chi connectivity index (χ4n) is 4.12. The molecule has 0 amide bonds. The second kappa shape index (κ2) is 6.45. The van der Waals surface area contributed by atoms with Gasteiger partial charge in [-0.1, -0.05) is 78.9 Å². The Bertz CT molecular complexity index is 1210. The standard InChI is InChI=1S/C26H25BO2/c1-25(2)26(3,4)29-27(28-25)20-11-7-10-19(17-20)22-13-8-14-23-21-12-6-5-9-18(21)15-16-24(22)23/h5-17H,1-4H3. The van der Waals surface area contributed by atoms with Crippen LogP contribution < -0.4 is 5.46 Å². The van der Waals surface area contributed by atoms with Crippen LogP contribution in [0.2, 0.25) is 0 Å². The van der Waals surface area contributed by atoms with E-state index in [1.165, 1.54) is 32.7 Å². The topological polar surface area (TPSA) is 18.5 Å². The van der Waals surface area contributed by atoms with E-state index in [4.69, 9.17) is 9.31 Å². The Morgan fingerprint density at radius 3 is 2.10 bits per heavy atom. The van der Waals surface area contributed by atoms with Crippen LogP contribution in [-0.2, 0) is 9.31 Å². The minimum absolute atomic E-state index is 0.341. The van der Waals surface area contributed by atoms with Crippen molar-refractivity contribution in [2.45, 2.75) is 38.9 Å². The van der Waals surface area contributed by atoms with Gasteiger partial charge < -0.3 is 9.31 Å². The van der Waals surface area contributed by atoms with Gasteiger partial charge in [0.15, 0.2) is 0 Å². The Morgan fingerprint density at radius 1 is 0.621 bits per heavy atom. The Hall–Kier alpha value is -2.62. The Balaban J connectivity index is 1.62. The lowest BCUT2D eigenvalue weighted by atomic mass is 9.77. The summed E-state index contributed by atoms with van der Waals surface area (Å²) in [6.45, 7) is 8.36. The fourth-order valence-corrected chi connectivity index (χ4v) is 4.12. The molecule has 0 unspecified atom stereocenters. The van der Waals surface area contributed by atoms with Gasteiger partial charge in [0, 0.05) is 0 Å². The van der Waals surface area contributed by atoms with E-state index in [0.29, 0.717) is 0 Å². The molecule has 29 heavy (non-hydrogen) atoms. The minimum atomic E-state index is -0.351. The van der Waals surface area contributed by atoms with Crippen molar-refractivity contribution >= 4 is 34.1 Å². The second-order valence-electron chi connectivity index (χ2n) is 8.90. The van der Waals surface area contributed by atoms with Crippen molar-refractivity contribution in [2.24, 2.45) is 0 Å². The van der Waals surface area contributed by atoms with Crippen molar-refractivity contribution in [1.29, 1.82) is 0 Å². The van der Waals surface area contributed by atoms with E-state index in [9.17, 15) is 0 Å². The molecule has 0 spiro atoms. The predicted molar refractivity (Wildman–Crippen MR) is 123 cm³/mol. The van der Waals surface area contributed by atoms with Crippen molar-refractivity contribution < 1.29 is 9.31 Å². The van der Waals surface area contributed by atoms with E-state index in [1.807, 2.05) is 0 Å². The second-order valence-corrected chi connectivity index (χ2v) is 8.90. The Labute approximate surface area is 172 Å². The zero-order valence-corrected chi connectivity index (χ0v) is 17.4. The van der Waals surface area contributed by atoms with Crippen LogP contribution in [0.5, 0.6) is 0 Å². The maximum absolute atomic E-state index is 6.26. The van der Waals surface area contributed by atoms with Crippen LogP contribution in [0.3, 0.4) is 0 Å². The first-order valence-electron chi connectivity index (χ1n) is 10.2. The highest BCUT2D eigenvalue weighted by Crippen LogP contribution is 2.37. The smallest absolute Gasteiger partial charge is 0.399 e. The molecule has 3 heteroatoms. The molecule has 4 aromatic carbocycles. The molecule has 144 valence electrons. The summed E-state index contributed by atoms with van der Waals surface area (Å²) in [5, 5.41) is 5.09. The maximum Gasteiger partial charge on any atom is 0.494 e. The highest BCUT2D eigenvalue weighted by molar-refractivity contribution is 6.62. The first kappa shape index (κ1) is 18.4. The summed E-state index contributed by atoms with van der Waals surface area (Å²) < 4.78 is 12.5. The maximum atomic E-state index is 6.26. The molecule has 0 aliphatic carbocycles. The van der Waals surface area contributed by atoms with Gasteiger partial charge in [-0.25, -0.2) is 0 Å². The lowest BCUT2D eigenvalue weighted by Crippen LogP contribution is -2.41. The van der Waals surface area contributed by atoms with Crippen LogP contribution in [0.25, 0.3) is 32.7 Å². The fraction of sp³-hybridized carbons (Fsp3) is 0.231. The van der Waals surface area contributed by atoms with E-state index in [0.717, 1.165) is 5.46 Å². The molecule has 1 saturated heterocycles. The van der Waals surface area contributed by atoms with Crippen LogP contribution >= 0.6 is 0 Å². The summed E-state index contributed by atoms with van der Waals surface area (Å²) in [5.74, 6) is 0. The summed E-state index contributed by atoms with van der Waals surface area (Å²) in [5.41, 5.74) is 2.78. The van der Waals surface area contributed by atoms with Crippen molar-refractivity contribution in [1.82, 2.24) is 0 Å². The van der Waals surface area contributed by atoms with Gasteiger partial charge >= 0.3 is 7.12 Å². The first-order valence-corrected chi connectivity index (χ1v) is 10.2. The average Bonchev–Trinajstić information content (AvgIpc) is 2.94. The molecule has 0 N–H and O–H groups in total. The lowest BCUT2D eigenvalue weighted by molar-refractivity contribution is 0.00578.